The van der Waals surface area contributed by atoms with E-state index in [9.17, 15) is 9.59 Å². The number of nitrogens with one attached hydrogen (secondary N) is 2. The highest BCUT2D eigenvalue weighted by Crippen LogP contribution is 2.48. The Morgan fingerprint density at radius 1 is 0.600 bits per heavy atom. The van der Waals surface area contributed by atoms with E-state index in [1.54, 1.807) is 0 Å². The predicted molar refractivity (Wildman–Crippen MR) is 117 cm³/mol. The molecule has 0 bridgehead atoms. The molecule has 2 aromatic carbocycles. The van der Waals surface area contributed by atoms with Crippen LogP contribution in [0, 0.1) is 11.8 Å². The molecule has 4 heteroatoms. The van der Waals surface area contributed by atoms with E-state index in [1.165, 1.54) is 11.1 Å². The molecule has 3 saturated carbocycles. The molecule has 4 unspecified atom stereocenters. The van der Waals surface area contributed by atoms with Crippen molar-refractivity contribution in [3.63, 3.8) is 0 Å². The molecule has 5 rings (SSSR count). The second-order valence-electron chi connectivity index (χ2n) is 9.28. The van der Waals surface area contributed by atoms with E-state index in [0.29, 0.717) is 11.8 Å². The van der Waals surface area contributed by atoms with Crippen LogP contribution in [0.25, 0.3) is 0 Å². The molecule has 0 saturated heterocycles. The summed E-state index contributed by atoms with van der Waals surface area (Å²) in [5.74, 6) is 1.46. The van der Waals surface area contributed by atoms with Gasteiger partial charge in [-0.3, -0.25) is 9.59 Å². The van der Waals surface area contributed by atoms with Crippen molar-refractivity contribution in [1.29, 1.82) is 0 Å². The predicted octanol–water partition coefficient (Wildman–Crippen LogP) is 4.14. The van der Waals surface area contributed by atoms with Gasteiger partial charge in [-0.15, -0.1) is 0 Å². The van der Waals surface area contributed by atoms with Crippen LogP contribution in [0.15, 0.2) is 60.7 Å². The number of hydrogen-bond acceptors (Lipinski definition) is 2. The van der Waals surface area contributed by atoms with Gasteiger partial charge >= 0.3 is 0 Å². The minimum atomic E-state index is 0.134. The van der Waals surface area contributed by atoms with Crippen LogP contribution in [0.4, 0.5) is 0 Å². The Morgan fingerprint density at radius 2 is 0.967 bits per heavy atom. The van der Waals surface area contributed by atoms with Crippen molar-refractivity contribution in [2.24, 2.45) is 11.8 Å². The van der Waals surface area contributed by atoms with Gasteiger partial charge in [-0.2, -0.15) is 0 Å². The largest absolute Gasteiger partial charge is 0.353 e. The van der Waals surface area contributed by atoms with Gasteiger partial charge in [-0.05, 0) is 61.5 Å². The molecule has 156 valence electrons. The Bertz CT molecular complexity index is 814. The van der Waals surface area contributed by atoms with E-state index in [4.69, 9.17) is 0 Å². The zero-order chi connectivity index (χ0) is 20.5. The number of rotatable bonds is 6. The lowest BCUT2D eigenvalue weighted by atomic mass is 9.90. The highest BCUT2D eigenvalue weighted by Gasteiger charge is 2.45. The van der Waals surface area contributed by atoms with Crippen molar-refractivity contribution < 1.29 is 9.59 Å². The first-order valence-electron chi connectivity index (χ1n) is 11.4. The van der Waals surface area contributed by atoms with Crippen LogP contribution < -0.4 is 10.6 Å². The molecule has 30 heavy (non-hydrogen) atoms. The van der Waals surface area contributed by atoms with Gasteiger partial charge in [-0.25, -0.2) is 0 Å². The summed E-state index contributed by atoms with van der Waals surface area (Å²) in [6.45, 7) is 0. The first kappa shape index (κ1) is 19.3. The first-order valence-corrected chi connectivity index (χ1v) is 11.4. The summed E-state index contributed by atoms with van der Waals surface area (Å²) in [6.07, 6.45) is 5.73. The molecule has 0 aliphatic heterocycles. The van der Waals surface area contributed by atoms with Gasteiger partial charge < -0.3 is 10.6 Å². The monoisotopic (exact) mass is 402 g/mol. The zero-order valence-corrected chi connectivity index (χ0v) is 17.3. The molecule has 2 N–H and O–H groups in total. The number of hydrogen-bond donors (Lipinski definition) is 2. The molecule has 0 heterocycles. The number of carbonyl (C=O) groups excluding carboxylic acids is 2. The van der Waals surface area contributed by atoms with Gasteiger partial charge in [0, 0.05) is 23.9 Å². The normalized spacial score (nSPS) is 32.1. The molecule has 3 aliphatic carbocycles. The molecular formula is C26H30N2O2. The maximum Gasteiger partial charge on any atom is 0.223 e. The summed E-state index contributed by atoms with van der Waals surface area (Å²) in [6, 6.07) is 21.2. The molecular weight excluding hydrogens is 372 g/mol. The summed E-state index contributed by atoms with van der Waals surface area (Å²) >= 11 is 0. The van der Waals surface area contributed by atoms with Crippen molar-refractivity contribution in [2.75, 3.05) is 0 Å². The van der Waals surface area contributed by atoms with E-state index in [1.807, 2.05) is 36.4 Å². The van der Waals surface area contributed by atoms with Crippen molar-refractivity contribution in [2.45, 2.75) is 62.4 Å². The van der Waals surface area contributed by atoms with Crippen LogP contribution in [0.1, 0.15) is 61.5 Å². The van der Waals surface area contributed by atoms with Gasteiger partial charge in [0.05, 0.1) is 0 Å². The van der Waals surface area contributed by atoms with Gasteiger partial charge in [0.1, 0.15) is 0 Å². The fraction of sp³-hybridized carbons (Fsp3) is 0.462. The summed E-state index contributed by atoms with van der Waals surface area (Å²) in [5.41, 5.74) is 2.55. The molecule has 2 amide bonds. The second-order valence-corrected chi connectivity index (χ2v) is 9.28. The van der Waals surface area contributed by atoms with Gasteiger partial charge in [-0.1, -0.05) is 60.7 Å². The summed E-state index contributed by atoms with van der Waals surface area (Å²) < 4.78 is 0. The SMILES string of the molecule is O=C(NC1CCC(NC(=O)C2CC2c2ccccc2)CC1)C1CC1c1ccccc1. The Morgan fingerprint density at radius 3 is 1.33 bits per heavy atom. The molecule has 4 atom stereocenters. The van der Waals surface area contributed by atoms with Crippen LogP contribution in [0.5, 0.6) is 0 Å². The maximum absolute atomic E-state index is 12.6. The Labute approximate surface area is 178 Å². The van der Waals surface area contributed by atoms with E-state index in [0.717, 1.165) is 38.5 Å². The van der Waals surface area contributed by atoms with Crippen molar-refractivity contribution in [3.8, 4) is 0 Å². The maximum atomic E-state index is 12.6. The van der Waals surface area contributed by atoms with Crippen LogP contribution in [-0.4, -0.2) is 23.9 Å². The van der Waals surface area contributed by atoms with E-state index < -0.39 is 0 Å². The van der Waals surface area contributed by atoms with Crippen LogP contribution in [0.2, 0.25) is 0 Å². The van der Waals surface area contributed by atoms with Gasteiger partial charge in [0.2, 0.25) is 11.8 Å². The average Bonchev–Trinajstić information content (AvgIpc) is 3.70. The molecule has 3 aliphatic rings. The molecule has 0 radical (unpaired) electrons. The third-order valence-corrected chi connectivity index (χ3v) is 7.13. The van der Waals surface area contributed by atoms with Crippen LogP contribution in [0.3, 0.4) is 0 Å². The second kappa shape index (κ2) is 8.25. The molecule has 3 fully saturated rings. The van der Waals surface area contributed by atoms with Gasteiger partial charge in [0.15, 0.2) is 0 Å². The lowest BCUT2D eigenvalue weighted by Gasteiger charge is -2.30. The first-order chi connectivity index (χ1) is 14.7. The topological polar surface area (TPSA) is 58.2 Å². The lowest BCUT2D eigenvalue weighted by Crippen LogP contribution is -2.44. The highest BCUT2D eigenvalue weighted by atomic mass is 16.2. The van der Waals surface area contributed by atoms with Crippen molar-refractivity contribution in [3.05, 3.63) is 71.8 Å². The van der Waals surface area contributed by atoms with Crippen molar-refractivity contribution in [1.82, 2.24) is 10.6 Å². The molecule has 2 aromatic rings. The summed E-state index contributed by atoms with van der Waals surface area (Å²) in [4.78, 5) is 25.2. The van der Waals surface area contributed by atoms with Crippen LogP contribution in [-0.2, 0) is 9.59 Å². The Hall–Kier alpha value is -2.62. The minimum Gasteiger partial charge on any atom is -0.353 e. The number of carbonyl (C=O) groups is 2. The molecule has 0 spiro atoms. The van der Waals surface area contributed by atoms with Gasteiger partial charge in [0.25, 0.3) is 0 Å². The molecule has 0 aromatic heterocycles. The fourth-order valence-corrected chi connectivity index (χ4v) is 5.11. The van der Waals surface area contributed by atoms with E-state index in [2.05, 4.69) is 34.9 Å². The minimum absolute atomic E-state index is 0.134. The lowest BCUT2D eigenvalue weighted by molar-refractivity contribution is -0.125. The molecule has 4 nitrogen and oxygen atoms in total. The third-order valence-electron chi connectivity index (χ3n) is 7.13. The number of benzene rings is 2. The quantitative estimate of drug-likeness (QED) is 0.763. The van der Waals surface area contributed by atoms with E-state index >= 15 is 0 Å². The Balaban J connectivity index is 1.04. The fourth-order valence-electron chi connectivity index (χ4n) is 5.11. The average molecular weight is 403 g/mol. The van der Waals surface area contributed by atoms with Crippen molar-refractivity contribution >= 4 is 11.8 Å². The third kappa shape index (κ3) is 4.28. The number of amides is 2. The smallest absolute Gasteiger partial charge is 0.223 e. The van der Waals surface area contributed by atoms with Crippen LogP contribution >= 0.6 is 0 Å². The Kier molecular flexibility index (Phi) is 5.32. The zero-order valence-electron chi connectivity index (χ0n) is 17.3. The standard InChI is InChI=1S/C26H30N2O2/c29-25(23-15-21(23)17-7-3-1-4-8-17)27-19-11-13-20(14-12-19)28-26(30)24-16-22(24)18-9-5-2-6-10-18/h1-10,19-24H,11-16H2,(H,27,29)(H,28,30). The highest BCUT2D eigenvalue weighted by molar-refractivity contribution is 5.84. The van der Waals surface area contributed by atoms with E-state index in [-0.39, 0.29) is 35.7 Å². The summed E-state index contributed by atoms with van der Waals surface area (Å²) in [7, 11) is 0. The summed E-state index contributed by atoms with van der Waals surface area (Å²) in [5, 5.41) is 6.53.